The van der Waals surface area contributed by atoms with Gasteiger partial charge in [0.15, 0.2) is 23.0 Å². The van der Waals surface area contributed by atoms with Crippen molar-refractivity contribution >= 4 is 5.91 Å². The third-order valence-corrected chi connectivity index (χ3v) is 5.27. The number of ether oxygens (including phenoxy) is 4. The number of aryl methyl sites for hydroxylation is 1. The molecule has 3 aromatic rings. The van der Waals surface area contributed by atoms with Gasteiger partial charge in [-0.15, -0.1) is 0 Å². The van der Waals surface area contributed by atoms with Crippen LogP contribution in [0, 0.1) is 0 Å². The molecule has 0 bridgehead atoms. The van der Waals surface area contributed by atoms with Crippen LogP contribution in [0.3, 0.4) is 0 Å². The first kappa shape index (κ1) is 22.2. The van der Waals surface area contributed by atoms with E-state index in [1.807, 2.05) is 30.3 Å². The van der Waals surface area contributed by atoms with E-state index in [4.69, 9.17) is 18.9 Å². The average molecular weight is 451 g/mol. The fourth-order valence-electron chi connectivity index (χ4n) is 3.50. The first-order valence-electron chi connectivity index (χ1n) is 10.5. The van der Waals surface area contributed by atoms with Gasteiger partial charge in [0.05, 0.1) is 26.5 Å². The lowest BCUT2D eigenvalue weighted by Gasteiger charge is -2.10. The molecular formula is C24H25N3O6. The van der Waals surface area contributed by atoms with E-state index in [1.54, 1.807) is 26.4 Å². The molecule has 9 nitrogen and oxygen atoms in total. The van der Waals surface area contributed by atoms with Gasteiger partial charge in [-0.2, -0.15) is 5.10 Å². The summed E-state index contributed by atoms with van der Waals surface area (Å²) in [4.78, 5) is 24.5. The van der Waals surface area contributed by atoms with Crippen LogP contribution in [0.4, 0.5) is 0 Å². The number of aromatic nitrogens is 2. The Kier molecular flexibility index (Phi) is 6.77. The zero-order chi connectivity index (χ0) is 23.2. The zero-order valence-corrected chi connectivity index (χ0v) is 18.5. The maximum Gasteiger partial charge on any atom is 0.266 e. The molecule has 172 valence electrons. The molecule has 4 rings (SSSR count). The van der Waals surface area contributed by atoms with E-state index in [0.717, 1.165) is 11.1 Å². The number of amides is 1. The predicted octanol–water partition coefficient (Wildman–Crippen LogP) is 2.41. The third kappa shape index (κ3) is 5.25. The van der Waals surface area contributed by atoms with E-state index in [2.05, 4.69) is 10.4 Å². The molecule has 0 aliphatic carbocycles. The monoisotopic (exact) mass is 451 g/mol. The molecule has 2 aromatic carbocycles. The van der Waals surface area contributed by atoms with Gasteiger partial charge < -0.3 is 24.3 Å². The van der Waals surface area contributed by atoms with Gasteiger partial charge in [0, 0.05) is 24.6 Å². The summed E-state index contributed by atoms with van der Waals surface area (Å²) in [6, 6.07) is 14.2. The number of nitrogens with zero attached hydrogens (tertiary/aromatic N) is 2. The van der Waals surface area contributed by atoms with Crippen molar-refractivity contribution in [3.8, 4) is 34.3 Å². The summed E-state index contributed by atoms with van der Waals surface area (Å²) < 4.78 is 22.6. The Balaban J connectivity index is 1.32. The third-order valence-electron chi connectivity index (χ3n) is 5.27. The van der Waals surface area contributed by atoms with Crippen LogP contribution in [-0.2, 0) is 17.8 Å². The summed E-state index contributed by atoms with van der Waals surface area (Å²) in [5.41, 5.74) is 2.16. The highest BCUT2D eigenvalue weighted by Crippen LogP contribution is 2.35. The van der Waals surface area contributed by atoms with Crippen LogP contribution in [0.2, 0.25) is 0 Å². The highest BCUT2D eigenvalue weighted by Gasteiger charge is 2.15. The zero-order valence-electron chi connectivity index (χ0n) is 18.5. The Morgan fingerprint density at radius 1 is 1.03 bits per heavy atom. The van der Waals surface area contributed by atoms with Crippen molar-refractivity contribution in [2.24, 2.45) is 0 Å². The summed E-state index contributed by atoms with van der Waals surface area (Å²) in [6.07, 6.45) is 0.785. The van der Waals surface area contributed by atoms with Crippen LogP contribution in [0.5, 0.6) is 23.0 Å². The van der Waals surface area contributed by atoms with Crippen molar-refractivity contribution in [2.45, 2.75) is 19.4 Å². The van der Waals surface area contributed by atoms with Crippen LogP contribution in [0.1, 0.15) is 12.0 Å². The first-order valence-corrected chi connectivity index (χ1v) is 10.5. The summed E-state index contributed by atoms with van der Waals surface area (Å²) in [5, 5.41) is 7.28. The van der Waals surface area contributed by atoms with Gasteiger partial charge in [-0.25, -0.2) is 4.68 Å². The Hall–Kier alpha value is -4.01. The first-order chi connectivity index (χ1) is 16.1. The molecular weight excluding hydrogens is 426 g/mol. The van der Waals surface area contributed by atoms with Crippen molar-refractivity contribution in [1.82, 2.24) is 15.1 Å². The molecule has 0 saturated carbocycles. The highest BCUT2D eigenvalue weighted by atomic mass is 16.7. The normalized spacial score (nSPS) is 11.8. The second-order valence-electron chi connectivity index (χ2n) is 7.39. The van der Waals surface area contributed by atoms with E-state index < -0.39 is 0 Å². The molecule has 0 radical (unpaired) electrons. The number of methoxy groups -OCH3 is 2. The lowest BCUT2D eigenvalue weighted by molar-refractivity contribution is -0.121. The molecule has 2 heterocycles. The van der Waals surface area contributed by atoms with Crippen LogP contribution >= 0.6 is 0 Å². The molecule has 33 heavy (non-hydrogen) atoms. The number of fused-ring (bicyclic) bond motifs is 1. The topological polar surface area (TPSA) is 101 Å². The largest absolute Gasteiger partial charge is 0.493 e. The highest BCUT2D eigenvalue weighted by molar-refractivity contribution is 5.75. The minimum Gasteiger partial charge on any atom is -0.493 e. The maximum absolute atomic E-state index is 12.3. The number of hydrogen-bond donors (Lipinski definition) is 1. The molecule has 0 spiro atoms. The van der Waals surface area contributed by atoms with Gasteiger partial charge in [-0.3, -0.25) is 9.59 Å². The van der Waals surface area contributed by atoms with E-state index in [9.17, 15) is 9.59 Å². The van der Waals surface area contributed by atoms with Gasteiger partial charge in [0.2, 0.25) is 12.7 Å². The van der Waals surface area contributed by atoms with Crippen molar-refractivity contribution in [2.75, 3.05) is 27.6 Å². The van der Waals surface area contributed by atoms with Crippen LogP contribution in [0.25, 0.3) is 11.3 Å². The van der Waals surface area contributed by atoms with Crippen LogP contribution in [0.15, 0.2) is 53.3 Å². The Labute approximate surface area is 190 Å². The Bertz CT molecular complexity index is 1210. The quantitative estimate of drug-likeness (QED) is 0.533. The van der Waals surface area contributed by atoms with Gasteiger partial charge in [0.1, 0.15) is 0 Å². The Morgan fingerprint density at radius 2 is 1.85 bits per heavy atom. The van der Waals surface area contributed by atoms with E-state index in [1.165, 1.54) is 10.7 Å². The molecule has 1 N–H and O–H groups in total. The number of nitrogens with one attached hydrogen (secondary N) is 1. The summed E-state index contributed by atoms with van der Waals surface area (Å²) in [5.74, 6) is 2.47. The van der Waals surface area contributed by atoms with Crippen molar-refractivity contribution in [3.63, 3.8) is 0 Å². The van der Waals surface area contributed by atoms with E-state index >= 15 is 0 Å². The Morgan fingerprint density at radius 3 is 2.67 bits per heavy atom. The lowest BCUT2D eigenvalue weighted by atomic mass is 10.1. The molecule has 0 unspecified atom stereocenters. The maximum atomic E-state index is 12.3. The number of carbonyl (C=O) groups is 1. The van der Waals surface area contributed by atoms with Gasteiger partial charge >= 0.3 is 0 Å². The van der Waals surface area contributed by atoms with Crippen molar-refractivity contribution in [3.05, 3.63) is 64.4 Å². The second kappa shape index (κ2) is 10.1. The molecule has 1 aliphatic heterocycles. The molecule has 1 aromatic heterocycles. The fraction of sp³-hybridized carbons (Fsp3) is 0.292. The molecule has 0 saturated heterocycles. The number of benzene rings is 2. The minimum atomic E-state index is -0.266. The summed E-state index contributed by atoms with van der Waals surface area (Å²) >= 11 is 0. The molecule has 0 fully saturated rings. The van der Waals surface area contributed by atoms with Crippen molar-refractivity contribution in [1.29, 1.82) is 0 Å². The predicted molar refractivity (Wildman–Crippen MR) is 121 cm³/mol. The SMILES string of the molecule is COc1ccc(CCNC(=O)CCn2nc(-c3ccc4c(c3)OCO4)ccc2=O)cc1OC. The number of rotatable bonds is 9. The minimum absolute atomic E-state index is 0.142. The van der Waals surface area contributed by atoms with Gasteiger partial charge in [-0.05, 0) is 48.4 Å². The standard InChI is InChI=1S/C24H25N3O6/c1-30-19-6-3-16(13-21(19)31-2)9-11-25-23(28)10-12-27-24(29)8-5-18(26-27)17-4-7-20-22(14-17)33-15-32-20/h3-8,13-14H,9-12,15H2,1-2H3,(H,25,28). The van der Waals surface area contributed by atoms with Gasteiger partial charge in [0.25, 0.3) is 5.56 Å². The molecule has 1 aliphatic rings. The number of carbonyl (C=O) groups excluding carboxylic acids is 1. The molecule has 0 atom stereocenters. The van der Waals surface area contributed by atoms with E-state index in [-0.39, 0.29) is 31.2 Å². The van der Waals surface area contributed by atoms with E-state index in [0.29, 0.717) is 41.7 Å². The average Bonchev–Trinajstić information content (AvgIpc) is 3.31. The summed E-state index contributed by atoms with van der Waals surface area (Å²) in [6.45, 7) is 0.833. The summed E-state index contributed by atoms with van der Waals surface area (Å²) in [7, 11) is 3.17. The fourth-order valence-corrected chi connectivity index (χ4v) is 3.50. The van der Waals surface area contributed by atoms with Crippen molar-refractivity contribution < 1.29 is 23.7 Å². The number of hydrogen-bond acceptors (Lipinski definition) is 7. The van der Waals surface area contributed by atoms with Crippen LogP contribution < -0.4 is 29.8 Å². The second-order valence-corrected chi connectivity index (χ2v) is 7.39. The lowest BCUT2D eigenvalue weighted by Crippen LogP contribution is -2.29. The van der Waals surface area contributed by atoms with Crippen LogP contribution in [-0.4, -0.2) is 43.2 Å². The van der Waals surface area contributed by atoms with Gasteiger partial charge in [-0.1, -0.05) is 6.07 Å². The molecule has 9 heteroatoms. The smallest absolute Gasteiger partial charge is 0.266 e. The molecule has 1 amide bonds.